The van der Waals surface area contributed by atoms with Crippen molar-refractivity contribution in [1.29, 1.82) is 0 Å². The van der Waals surface area contributed by atoms with Gasteiger partial charge in [0.2, 0.25) is 5.88 Å². The average Bonchev–Trinajstić information content (AvgIpc) is 2.54. The maximum Gasteiger partial charge on any atom is 0.237 e. The van der Waals surface area contributed by atoms with E-state index < -0.39 is 0 Å². The molecule has 22 heavy (non-hydrogen) atoms. The lowest BCUT2D eigenvalue weighted by atomic mass is 10.0. The van der Waals surface area contributed by atoms with Crippen molar-refractivity contribution >= 4 is 5.69 Å². The third kappa shape index (κ3) is 7.67. The number of nitrogens with zero attached hydrogens (tertiary/aromatic N) is 1. The smallest absolute Gasteiger partial charge is 0.237 e. The van der Waals surface area contributed by atoms with Crippen LogP contribution in [0.5, 0.6) is 5.88 Å². The lowest BCUT2D eigenvalue weighted by Gasteiger charge is -2.08. The predicted molar refractivity (Wildman–Crippen MR) is 95.4 cm³/mol. The topological polar surface area (TPSA) is 48.1 Å². The van der Waals surface area contributed by atoms with Crippen LogP contribution in [0, 0.1) is 0 Å². The van der Waals surface area contributed by atoms with E-state index in [2.05, 4.69) is 11.9 Å². The molecule has 0 amide bonds. The summed E-state index contributed by atoms with van der Waals surface area (Å²) in [4.78, 5) is 4.11. The summed E-state index contributed by atoms with van der Waals surface area (Å²) < 4.78 is 5.16. The Labute approximate surface area is 136 Å². The Kier molecular flexibility index (Phi) is 10.5. The minimum atomic E-state index is 0.556. The molecule has 0 aliphatic rings. The number of nitrogens with two attached hydrogens (primary N) is 1. The lowest BCUT2D eigenvalue weighted by Crippen LogP contribution is -2.00. The molecule has 0 fully saturated rings. The monoisotopic (exact) mass is 306 g/mol. The number of methoxy groups -OCH3 is 1. The highest BCUT2D eigenvalue weighted by molar-refractivity contribution is 5.54. The summed E-state index contributed by atoms with van der Waals surface area (Å²) in [6.07, 6.45) is 17.9. The summed E-state index contributed by atoms with van der Waals surface area (Å²) in [5.74, 6) is 0.556. The first-order chi connectivity index (χ1) is 10.8. The maximum atomic E-state index is 6.04. The van der Waals surface area contributed by atoms with Crippen LogP contribution in [0.25, 0.3) is 0 Å². The summed E-state index contributed by atoms with van der Waals surface area (Å²) in [6, 6.07) is 2.01. The molecule has 1 heterocycles. The van der Waals surface area contributed by atoms with E-state index in [0.717, 1.165) is 6.42 Å². The Hall–Kier alpha value is -1.25. The standard InChI is InChI=1S/C19H34N2O/c1-3-4-5-6-7-8-9-10-11-12-13-14-17-15-16-21-19(22-2)18(17)20/h15-16H,3-14,20H2,1-2H3. The molecule has 3 nitrogen and oxygen atoms in total. The van der Waals surface area contributed by atoms with Gasteiger partial charge in [-0.3, -0.25) is 0 Å². The molecule has 0 radical (unpaired) electrons. The fraction of sp³-hybridized carbons (Fsp3) is 0.737. The second-order valence-corrected chi connectivity index (χ2v) is 6.18. The Morgan fingerprint density at radius 2 is 1.45 bits per heavy atom. The Balaban J connectivity index is 2.00. The van der Waals surface area contributed by atoms with Gasteiger partial charge >= 0.3 is 0 Å². The molecule has 0 aromatic carbocycles. The maximum absolute atomic E-state index is 6.04. The molecule has 2 N–H and O–H groups in total. The van der Waals surface area contributed by atoms with Gasteiger partial charge in [-0.2, -0.15) is 0 Å². The number of rotatable bonds is 13. The van der Waals surface area contributed by atoms with Crippen molar-refractivity contribution in [3.63, 3.8) is 0 Å². The average molecular weight is 306 g/mol. The van der Waals surface area contributed by atoms with Crippen molar-refractivity contribution in [3.8, 4) is 5.88 Å². The van der Waals surface area contributed by atoms with Crippen LogP contribution in [-0.2, 0) is 6.42 Å². The first-order valence-electron chi connectivity index (χ1n) is 9.07. The Bertz CT molecular complexity index is 393. The fourth-order valence-corrected chi connectivity index (χ4v) is 2.85. The van der Waals surface area contributed by atoms with Crippen LogP contribution in [-0.4, -0.2) is 12.1 Å². The van der Waals surface area contributed by atoms with Gasteiger partial charge in [0.05, 0.1) is 12.8 Å². The van der Waals surface area contributed by atoms with Crippen molar-refractivity contribution < 1.29 is 4.74 Å². The first-order valence-corrected chi connectivity index (χ1v) is 9.07. The van der Waals surface area contributed by atoms with Gasteiger partial charge in [0.15, 0.2) is 0 Å². The van der Waals surface area contributed by atoms with Crippen LogP contribution in [0.1, 0.15) is 83.1 Å². The Morgan fingerprint density at radius 3 is 2.00 bits per heavy atom. The largest absolute Gasteiger partial charge is 0.480 e. The number of ether oxygens (including phenoxy) is 1. The Morgan fingerprint density at radius 1 is 0.909 bits per heavy atom. The zero-order valence-electron chi connectivity index (χ0n) is 14.6. The molecule has 1 aromatic heterocycles. The van der Waals surface area contributed by atoms with E-state index in [-0.39, 0.29) is 0 Å². The number of pyridine rings is 1. The highest BCUT2D eigenvalue weighted by Crippen LogP contribution is 2.23. The number of hydrogen-bond acceptors (Lipinski definition) is 3. The number of hydrogen-bond donors (Lipinski definition) is 1. The van der Waals surface area contributed by atoms with Gasteiger partial charge in [0.25, 0.3) is 0 Å². The molecule has 0 aliphatic carbocycles. The van der Waals surface area contributed by atoms with Crippen molar-refractivity contribution in [1.82, 2.24) is 4.98 Å². The van der Waals surface area contributed by atoms with E-state index in [1.807, 2.05) is 6.07 Å². The number of aryl methyl sites for hydroxylation is 1. The summed E-state index contributed by atoms with van der Waals surface area (Å²) in [5, 5.41) is 0. The molecule has 1 rings (SSSR count). The van der Waals surface area contributed by atoms with Crippen LogP contribution < -0.4 is 10.5 Å². The van der Waals surface area contributed by atoms with Crippen LogP contribution in [0.15, 0.2) is 12.3 Å². The molecule has 0 atom stereocenters. The molecule has 0 saturated heterocycles. The van der Waals surface area contributed by atoms with Gasteiger partial charge in [-0.15, -0.1) is 0 Å². The highest BCUT2D eigenvalue weighted by Gasteiger charge is 2.05. The molecule has 0 spiro atoms. The summed E-state index contributed by atoms with van der Waals surface area (Å²) in [5.41, 5.74) is 7.91. The number of nitrogen functional groups attached to an aromatic ring is 1. The van der Waals surface area contributed by atoms with E-state index in [0.29, 0.717) is 11.6 Å². The third-order valence-electron chi connectivity index (χ3n) is 4.29. The summed E-state index contributed by atoms with van der Waals surface area (Å²) in [6.45, 7) is 2.27. The van der Waals surface area contributed by atoms with Crippen LogP contribution in [0.4, 0.5) is 5.69 Å². The molecule has 126 valence electrons. The highest BCUT2D eigenvalue weighted by atomic mass is 16.5. The second kappa shape index (κ2) is 12.3. The molecular weight excluding hydrogens is 272 g/mol. The first kappa shape index (κ1) is 18.8. The van der Waals surface area contributed by atoms with Crippen molar-refractivity contribution in [2.75, 3.05) is 12.8 Å². The van der Waals surface area contributed by atoms with Crippen LogP contribution in [0.3, 0.4) is 0 Å². The van der Waals surface area contributed by atoms with Gasteiger partial charge in [-0.05, 0) is 24.5 Å². The van der Waals surface area contributed by atoms with Crippen molar-refractivity contribution in [2.24, 2.45) is 0 Å². The number of anilines is 1. The number of unbranched alkanes of at least 4 members (excludes halogenated alkanes) is 10. The molecule has 0 aliphatic heterocycles. The normalized spacial score (nSPS) is 10.8. The molecule has 0 saturated carbocycles. The summed E-state index contributed by atoms with van der Waals surface area (Å²) >= 11 is 0. The fourth-order valence-electron chi connectivity index (χ4n) is 2.85. The second-order valence-electron chi connectivity index (χ2n) is 6.18. The van der Waals surface area contributed by atoms with E-state index in [1.54, 1.807) is 13.3 Å². The lowest BCUT2D eigenvalue weighted by molar-refractivity contribution is 0.399. The molecular formula is C19H34N2O. The van der Waals surface area contributed by atoms with E-state index >= 15 is 0 Å². The molecule has 0 bridgehead atoms. The SMILES string of the molecule is CCCCCCCCCCCCCc1ccnc(OC)c1N. The van der Waals surface area contributed by atoms with Crippen LogP contribution in [0.2, 0.25) is 0 Å². The van der Waals surface area contributed by atoms with Gasteiger partial charge in [-0.25, -0.2) is 4.98 Å². The van der Waals surface area contributed by atoms with E-state index in [4.69, 9.17) is 10.5 Å². The van der Waals surface area contributed by atoms with Crippen LogP contribution >= 0.6 is 0 Å². The van der Waals surface area contributed by atoms with Crippen molar-refractivity contribution in [3.05, 3.63) is 17.8 Å². The van der Waals surface area contributed by atoms with Gasteiger partial charge in [-0.1, -0.05) is 71.1 Å². The molecule has 1 aromatic rings. The zero-order chi connectivity index (χ0) is 16.0. The molecule has 0 unspecified atom stereocenters. The quantitative estimate of drug-likeness (QED) is 0.488. The van der Waals surface area contributed by atoms with Gasteiger partial charge in [0.1, 0.15) is 0 Å². The van der Waals surface area contributed by atoms with Crippen molar-refractivity contribution in [2.45, 2.75) is 84.0 Å². The third-order valence-corrected chi connectivity index (χ3v) is 4.29. The van der Waals surface area contributed by atoms with Gasteiger partial charge in [0, 0.05) is 6.20 Å². The van der Waals surface area contributed by atoms with E-state index in [9.17, 15) is 0 Å². The zero-order valence-corrected chi connectivity index (χ0v) is 14.6. The number of aromatic nitrogens is 1. The molecule has 3 heteroatoms. The summed E-state index contributed by atoms with van der Waals surface area (Å²) in [7, 11) is 1.62. The minimum absolute atomic E-state index is 0.556. The van der Waals surface area contributed by atoms with E-state index in [1.165, 1.54) is 76.2 Å². The van der Waals surface area contributed by atoms with Gasteiger partial charge < -0.3 is 10.5 Å². The minimum Gasteiger partial charge on any atom is -0.480 e. The predicted octanol–water partition coefficient (Wildman–Crippen LogP) is 5.53.